The van der Waals surface area contributed by atoms with E-state index in [4.69, 9.17) is 9.26 Å². The Bertz CT molecular complexity index is 439. The molecule has 5 heteroatoms. The van der Waals surface area contributed by atoms with Gasteiger partial charge < -0.3 is 9.26 Å². The molecule has 0 bridgehead atoms. The van der Waals surface area contributed by atoms with Gasteiger partial charge in [0.25, 0.3) is 5.89 Å². The highest BCUT2D eigenvalue weighted by atomic mass is 79.9. The van der Waals surface area contributed by atoms with Crippen molar-refractivity contribution in [3.8, 4) is 17.2 Å². The first-order valence-electron chi connectivity index (χ1n) is 4.36. The van der Waals surface area contributed by atoms with Crippen LogP contribution in [0.4, 0.5) is 0 Å². The van der Waals surface area contributed by atoms with Crippen molar-refractivity contribution < 1.29 is 9.26 Å². The lowest BCUT2D eigenvalue weighted by Crippen LogP contribution is -1.83. The third kappa shape index (κ3) is 2.18. The summed E-state index contributed by atoms with van der Waals surface area (Å²) in [5.41, 5.74) is 0.885. The van der Waals surface area contributed by atoms with Crippen LogP contribution in [0, 0.1) is 0 Å². The Kier molecular flexibility index (Phi) is 3.01. The van der Waals surface area contributed by atoms with Gasteiger partial charge in [0.15, 0.2) is 5.82 Å². The highest BCUT2D eigenvalue weighted by Gasteiger charge is 2.07. The fourth-order valence-corrected chi connectivity index (χ4v) is 1.39. The van der Waals surface area contributed by atoms with Crippen molar-refractivity contribution in [2.24, 2.45) is 0 Å². The van der Waals surface area contributed by atoms with Gasteiger partial charge in [-0.05, 0) is 24.3 Å². The average Bonchev–Trinajstić information content (AvgIpc) is 2.78. The van der Waals surface area contributed by atoms with E-state index in [1.165, 1.54) is 0 Å². The number of methoxy groups -OCH3 is 1. The number of hydrogen-bond donors (Lipinski definition) is 0. The molecule has 2 aromatic rings. The Morgan fingerprint density at radius 2 is 2.07 bits per heavy atom. The SMILES string of the molecule is COc1ccc(-c2nc(CBr)no2)cc1. The number of halogens is 1. The second kappa shape index (κ2) is 4.44. The molecule has 4 nitrogen and oxygen atoms in total. The first-order chi connectivity index (χ1) is 7.33. The topological polar surface area (TPSA) is 48.2 Å². The standard InChI is InChI=1S/C10H9BrN2O2/c1-14-8-4-2-7(3-5-8)10-12-9(6-11)13-15-10/h2-5H,6H2,1H3. The average molecular weight is 269 g/mol. The number of hydrogen-bond acceptors (Lipinski definition) is 4. The Morgan fingerprint density at radius 1 is 1.33 bits per heavy atom. The maximum absolute atomic E-state index is 5.08. The molecule has 78 valence electrons. The minimum absolute atomic E-state index is 0.520. The van der Waals surface area contributed by atoms with Gasteiger partial charge >= 0.3 is 0 Å². The van der Waals surface area contributed by atoms with Crippen LogP contribution >= 0.6 is 15.9 Å². The molecule has 1 aromatic heterocycles. The summed E-state index contributed by atoms with van der Waals surface area (Å²) in [6.45, 7) is 0. The highest BCUT2D eigenvalue weighted by Crippen LogP contribution is 2.20. The van der Waals surface area contributed by atoms with E-state index in [1.807, 2.05) is 24.3 Å². The number of aromatic nitrogens is 2. The van der Waals surface area contributed by atoms with E-state index in [2.05, 4.69) is 26.1 Å². The zero-order valence-electron chi connectivity index (χ0n) is 8.11. The van der Waals surface area contributed by atoms with Crippen LogP contribution in [-0.2, 0) is 5.33 Å². The molecule has 0 spiro atoms. The molecule has 15 heavy (non-hydrogen) atoms. The summed E-state index contributed by atoms with van der Waals surface area (Å²) in [6, 6.07) is 7.47. The van der Waals surface area contributed by atoms with Gasteiger partial charge in [-0.2, -0.15) is 4.98 Å². The fraction of sp³-hybridized carbons (Fsp3) is 0.200. The third-order valence-electron chi connectivity index (χ3n) is 1.92. The van der Waals surface area contributed by atoms with E-state index < -0.39 is 0 Å². The van der Waals surface area contributed by atoms with E-state index in [0.29, 0.717) is 17.0 Å². The monoisotopic (exact) mass is 268 g/mol. The van der Waals surface area contributed by atoms with Crippen molar-refractivity contribution in [1.29, 1.82) is 0 Å². The Balaban J connectivity index is 2.28. The summed E-state index contributed by atoms with van der Waals surface area (Å²) >= 11 is 3.26. The predicted molar refractivity (Wildman–Crippen MR) is 58.9 cm³/mol. The summed E-state index contributed by atoms with van der Waals surface area (Å²) < 4.78 is 10.1. The van der Waals surface area contributed by atoms with Crippen molar-refractivity contribution in [3.63, 3.8) is 0 Å². The Labute approximate surface area is 95.4 Å². The summed E-state index contributed by atoms with van der Waals surface area (Å²) in [7, 11) is 1.63. The number of benzene rings is 1. The highest BCUT2D eigenvalue weighted by molar-refractivity contribution is 9.08. The van der Waals surface area contributed by atoms with Gasteiger partial charge in [0.2, 0.25) is 0 Å². The fourth-order valence-electron chi connectivity index (χ4n) is 1.16. The summed E-state index contributed by atoms with van der Waals surface area (Å²) in [4.78, 5) is 4.19. The minimum atomic E-state index is 0.520. The van der Waals surface area contributed by atoms with Gasteiger partial charge in [-0.1, -0.05) is 21.1 Å². The predicted octanol–water partition coefficient (Wildman–Crippen LogP) is 2.64. The van der Waals surface area contributed by atoms with Gasteiger partial charge in [0.05, 0.1) is 12.4 Å². The van der Waals surface area contributed by atoms with Crippen LogP contribution in [0.5, 0.6) is 5.75 Å². The number of ether oxygens (including phenoxy) is 1. The largest absolute Gasteiger partial charge is 0.497 e. The van der Waals surface area contributed by atoms with Crippen LogP contribution in [-0.4, -0.2) is 17.3 Å². The molecule has 1 heterocycles. The second-order valence-corrected chi connectivity index (χ2v) is 3.44. The molecule has 0 aliphatic rings. The molecular weight excluding hydrogens is 260 g/mol. The quantitative estimate of drug-likeness (QED) is 0.803. The van der Waals surface area contributed by atoms with Crippen LogP contribution in [0.2, 0.25) is 0 Å². The number of rotatable bonds is 3. The zero-order chi connectivity index (χ0) is 10.7. The van der Waals surface area contributed by atoms with Crippen LogP contribution in [0.25, 0.3) is 11.5 Å². The number of nitrogens with zero attached hydrogens (tertiary/aromatic N) is 2. The maximum Gasteiger partial charge on any atom is 0.257 e. The molecule has 0 N–H and O–H groups in total. The first-order valence-corrected chi connectivity index (χ1v) is 5.48. The second-order valence-electron chi connectivity index (χ2n) is 2.88. The normalized spacial score (nSPS) is 10.3. The van der Waals surface area contributed by atoms with Crippen molar-refractivity contribution in [3.05, 3.63) is 30.1 Å². The molecule has 0 unspecified atom stereocenters. The van der Waals surface area contributed by atoms with Gasteiger partial charge in [-0.3, -0.25) is 0 Å². The van der Waals surface area contributed by atoms with Gasteiger partial charge in [0, 0.05) is 5.56 Å². The van der Waals surface area contributed by atoms with E-state index in [1.54, 1.807) is 7.11 Å². The molecule has 0 amide bonds. The van der Waals surface area contributed by atoms with Crippen molar-refractivity contribution in [2.45, 2.75) is 5.33 Å². The number of alkyl halides is 1. The van der Waals surface area contributed by atoms with Crippen molar-refractivity contribution in [1.82, 2.24) is 10.1 Å². The smallest absolute Gasteiger partial charge is 0.257 e. The van der Waals surface area contributed by atoms with Crippen LogP contribution in [0.1, 0.15) is 5.82 Å². The van der Waals surface area contributed by atoms with Crippen molar-refractivity contribution >= 4 is 15.9 Å². The molecule has 0 radical (unpaired) electrons. The van der Waals surface area contributed by atoms with Crippen LogP contribution < -0.4 is 4.74 Å². The molecule has 0 aliphatic heterocycles. The first kappa shape index (κ1) is 10.2. The van der Waals surface area contributed by atoms with E-state index in [9.17, 15) is 0 Å². The van der Waals surface area contributed by atoms with E-state index in [-0.39, 0.29) is 0 Å². The van der Waals surface area contributed by atoms with Crippen molar-refractivity contribution in [2.75, 3.05) is 7.11 Å². The summed E-state index contributed by atoms with van der Waals surface area (Å²) in [5.74, 6) is 1.96. The molecule has 0 aliphatic carbocycles. The zero-order valence-corrected chi connectivity index (χ0v) is 9.69. The maximum atomic E-state index is 5.08. The third-order valence-corrected chi connectivity index (χ3v) is 2.43. The van der Waals surface area contributed by atoms with Gasteiger partial charge in [-0.25, -0.2) is 0 Å². The Hall–Kier alpha value is -1.36. The lowest BCUT2D eigenvalue weighted by Gasteiger charge is -1.98. The lowest BCUT2D eigenvalue weighted by molar-refractivity contribution is 0.414. The molecular formula is C10H9BrN2O2. The molecule has 0 saturated heterocycles. The van der Waals surface area contributed by atoms with Gasteiger partial charge in [0.1, 0.15) is 5.75 Å². The van der Waals surface area contributed by atoms with Crippen LogP contribution in [0.3, 0.4) is 0 Å². The molecule has 0 saturated carbocycles. The minimum Gasteiger partial charge on any atom is -0.497 e. The lowest BCUT2D eigenvalue weighted by atomic mass is 10.2. The molecule has 2 rings (SSSR count). The van der Waals surface area contributed by atoms with E-state index >= 15 is 0 Å². The van der Waals surface area contributed by atoms with E-state index in [0.717, 1.165) is 11.3 Å². The molecule has 0 fully saturated rings. The van der Waals surface area contributed by atoms with Crippen LogP contribution in [0.15, 0.2) is 28.8 Å². The summed E-state index contributed by atoms with van der Waals surface area (Å²) in [6.07, 6.45) is 0. The summed E-state index contributed by atoms with van der Waals surface area (Å²) in [5, 5.41) is 4.38. The molecule has 1 aromatic carbocycles. The van der Waals surface area contributed by atoms with Gasteiger partial charge in [-0.15, -0.1) is 0 Å². The Morgan fingerprint density at radius 3 is 2.60 bits per heavy atom. The molecule has 0 atom stereocenters.